The smallest absolute Gasteiger partial charge is 0.203 e. The highest BCUT2D eigenvalue weighted by atomic mass is 16.5. The van der Waals surface area contributed by atoms with Crippen LogP contribution in [-0.2, 0) is 5.41 Å². The van der Waals surface area contributed by atoms with Gasteiger partial charge in [0.05, 0.1) is 21.3 Å². The average molecular weight is 279 g/mol. The van der Waals surface area contributed by atoms with Crippen LogP contribution in [0, 0.1) is 0 Å². The van der Waals surface area contributed by atoms with Crippen molar-refractivity contribution in [1.82, 2.24) is 0 Å². The molecule has 2 N–H and O–H groups in total. The number of benzene rings is 1. The minimum absolute atomic E-state index is 0.00312. The summed E-state index contributed by atoms with van der Waals surface area (Å²) in [6.07, 6.45) is 5.94. The molecule has 1 aliphatic rings. The van der Waals surface area contributed by atoms with E-state index < -0.39 is 0 Å². The van der Waals surface area contributed by atoms with E-state index in [2.05, 4.69) is 6.07 Å². The Bertz CT molecular complexity index is 453. The fourth-order valence-electron chi connectivity index (χ4n) is 3.33. The van der Waals surface area contributed by atoms with E-state index in [0.717, 1.165) is 24.2 Å². The summed E-state index contributed by atoms with van der Waals surface area (Å²) < 4.78 is 16.5. The number of ether oxygens (including phenoxy) is 3. The van der Waals surface area contributed by atoms with Gasteiger partial charge in [-0.05, 0) is 18.9 Å². The third-order valence-corrected chi connectivity index (χ3v) is 4.48. The molecule has 1 aromatic carbocycles. The van der Waals surface area contributed by atoms with Gasteiger partial charge in [-0.15, -0.1) is 0 Å². The van der Waals surface area contributed by atoms with Crippen LogP contribution in [0.3, 0.4) is 0 Å². The first-order chi connectivity index (χ1) is 9.72. The van der Waals surface area contributed by atoms with Gasteiger partial charge in [-0.3, -0.25) is 0 Å². The van der Waals surface area contributed by atoms with Gasteiger partial charge in [0.15, 0.2) is 11.5 Å². The van der Waals surface area contributed by atoms with Crippen molar-refractivity contribution >= 4 is 0 Å². The van der Waals surface area contributed by atoms with Crippen molar-refractivity contribution in [3.63, 3.8) is 0 Å². The summed E-state index contributed by atoms with van der Waals surface area (Å²) in [4.78, 5) is 0. The zero-order valence-corrected chi connectivity index (χ0v) is 12.7. The molecular formula is C16H25NO3. The lowest BCUT2D eigenvalue weighted by Crippen LogP contribution is -2.37. The first-order valence-electron chi connectivity index (χ1n) is 7.22. The van der Waals surface area contributed by atoms with Gasteiger partial charge < -0.3 is 19.9 Å². The first kappa shape index (κ1) is 15.0. The molecule has 1 aromatic rings. The predicted molar refractivity (Wildman–Crippen MR) is 79.9 cm³/mol. The van der Waals surface area contributed by atoms with E-state index in [9.17, 15) is 0 Å². The molecule has 112 valence electrons. The normalized spacial score (nSPS) is 17.6. The van der Waals surface area contributed by atoms with Crippen LogP contribution in [0.1, 0.15) is 37.7 Å². The van der Waals surface area contributed by atoms with E-state index >= 15 is 0 Å². The Morgan fingerprint density at radius 1 is 0.950 bits per heavy atom. The monoisotopic (exact) mass is 279 g/mol. The van der Waals surface area contributed by atoms with Crippen molar-refractivity contribution in [2.75, 3.05) is 27.9 Å². The molecule has 4 nitrogen and oxygen atoms in total. The maximum Gasteiger partial charge on any atom is 0.203 e. The largest absolute Gasteiger partial charge is 0.493 e. The highest BCUT2D eigenvalue weighted by Gasteiger charge is 2.36. The Kier molecular flexibility index (Phi) is 4.76. The second-order valence-electron chi connectivity index (χ2n) is 5.43. The molecule has 2 rings (SSSR count). The van der Waals surface area contributed by atoms with Crippen LogP contribution < -0.4 is 19.9 Å². The number of methoxy groups -OCH3 is 3. The summed E-state index contributed by atoms with van der Waals surface area (Å²) in [5.74, 6) is 2.11. The maximum absolute atomic E-state index is 6.13. The molecule has 0 amide bonds. The molecule has 0 unspecified atom stereocenters. The van der Waals surface area contributed by atoms with Crippen molar-refractivity contribution in [3.05, 3.63) is 17.7 Å². The molecular weight excluding hydrogens is 254 g/mol. The van der Waals surface area contributed by atoms with Gasteiger partial charge in [0, 0.05) is 17.5 Å². The molecule has 20 heavy (non-hydrogen) atoms. The average Bonchev–Trinajstić information content (AvgIpc) is 2.53. The van der Waals surface area contributed by atoms with Crippen LogP contribution in [0.5, 0.6) is 17.2 Å². The minimum Gasteiger partial charge on any atom is -0.493 e. The highest BCUT2D eigenvalue weighted by Crippen LogP contribution is 2.48. The van der Waals surface area contributed by atoms with Gasteiger partial charge in [0.1, 0.15) is 0 Å². The Hall–Kier alpha value is -1.42. The Balaban J connectivity index is 2.54. The molecule has 0 saturated heterocycles. The molecule has 1 fully saturated rings. The fourth-order valence-corrected chi connectivity index (χ4v) is 3.33. The van der Waals surface area contributed by atoms with Gasteiger partial charge in [-0.25, -0.2) is 0 Å². The lowest BCUT2D eigenvalue weighted by molar-refractivity contribution is 0.276. The number of nitrogens with two attached hydrogens (primary N) is 1. The molecule has 1 aliphatic carbocycles. The van der Waals surface area contributed by atoms with Crippen molar-refractivity contribution in [1.29, 1.82) is 0 Å². The molecule has 0 spiro atoms. The van der Waals surface area contributed by atoms with E-state index in [-0.39, 0.29) is 5.41 Å². The van der Waals surface area contributed by atoms with Gasteiger partial charge in [0.2, 0.25) is 5.75 Å². The zero-order chi connectivity index (χ0) is 14.6. The summed E-state index contributed by atoms with van der Waals surface area (Å²) >= 11 is 0. The van der Waals surface area contributed by atoms with Gasteiger partial charge >= 0.3 is 0 Å². The van der Waals surface area contributed by atoms with Crippen molar-refractivity contribution < 1.29 is 14.2 Å². The molecule has 0 aliphatic heterocycles. The summed E-state index contributed by atoms with van der Waals surface area (Å²) in [6, 6.07) is 4.03. The van der Waals surface area contributed by atoms with Crippen molar-refractivity contribution in [3.8, 4) is 17.2 Å². The van der Waals surface area contributed by atoms with Crippen LogP contribution in [0.25, 0.3) is 0 Å². The molecule has 0 bridgehead atoms. The SMILES string of the molecule is COc1ccc(C2(CN)CCCCC2)c(OC)c1OC. The number of hydrogen-bond acceptors (Lipinski definition) is 4. The molecule has 0 radical (unpaired) electrons. The fraction of sp³-hybridized carbons (Fsp3) is 0.625. The van der Waals surface area contributed by atoms with E-state index in [1.54, 1.807) is 21.3 Å². The first-order valence-corrected chi connectivity index (χ1v) is 7.22. The van der Waals surface area contributed by atoms with Crippen LogP contribution in [0.15, 0.2) is 12.1 Å². The summed E-state index contributed by atoms with van der Waals surface area (Å²) in [5.41, 5.74) is 7.28. The minimum atomic E-state index is 0.00312. The molecule has 0 atom stereocenters. The van der Waals surface area contributed by atoms with Crippen molar-refractivity contribution in [2.24, 2.45) is 5.73 Å². The van der Waals surface area contributed by atoms with Crippen molar-refractivity contribution in [2.45, 2.75) is 37.5 Å². The summed E-state index contributed by atoms with van der Waals surface area (Å²) in [6.45, 7) is 0.638. The van der Waals surface area contributed by atoms with Crippen LogP contribution in [0.4, 0.5) is 0 Å². The molecule has 0 aromatic heterocycles. The molecule has 1 saturated carbocycles. The second kappa shape index (κ2) is 6.35. The van der Waals surface area contributed by atoms with E-state index in [1.165, 1.54) is 19.3 Å². The van der Waals surface area contributed by atoms with Crippen LogP contribution in [0.2, 0.25) is 0 Å². The Labute approximate surface area is 121 Å². The van der Waals surface area contributed by atoms with Crippen LogP contribution in [-0.4, -0.2) is 27.9 Å². The number of rotatable bonds is 5. The second-order valence-corrected chi connectivity index (χ2v) is 5.43. The van der Waals surface area contributed by atoms with Crippen LogP contribution >= 0.6 is 0 Å². The van der Waals surface area contributed by atoms with Gasteiger partial charge in [-0.1, -0.05) is 25.3 Å². The lowest BCUT2D eigenvalue weighted by Gasteiger charge is -2.38. The van der Waals surface area contributed by atoms with E-state index in [4.69, 9.17) is 19.9 Å². The molecule has 4 heteroatoms. The predicted octanol–water partition coefficient (Wildman–Crippen LogP) is 2.87. The standard InChI is InChI=1S/C16H25NO3/c1-18-13-8-7-12(14(19-2)15(13)20-3)16(11-17)9-5-4-6-10-16/h7-8H,4-6,9-11,17H2,1-3H3. The maximum atomic E-state index is 6.13. The third-order valence-electron chi connectivity index (χ3n) is 4.48. The Morgan fingerprint density at radius 3 is 2.10 bits per heavy atom. The van der Waals surface area contributed by atoms with E-state index in [0.29, 0.717) is 18.0 Å². The molecule has 0 heterocycles. The van der Waals surface area contributed by atoms with Gasteiger partial charge in [-0.2, -0.15) is 0 Å². The lowest BCUT2D eigenvalue weighted by atomic mass is 9.69. The zero-order valence-electron chi connectivity index (χ0n) is 12.7. The topological polar surface area (TPSA) is 53.7 Å². The van der Waals surface area contributed by atoms with Gasteiger partial charge in [0.25, 0.3) is 0 Å². The number of hydrogen-bond donors (Lipinski definition) is 1. The highest BCUT2D eigenvalue weighted by molar-refractivity contribution is 5.58. The summed E-state index contributed by atoms with van der Waals surface area (Å²) in [7, 11) is 4.95. The quantitative estimate of drug-likeness (QED) is 0.900. The Morgan fingerprint density at radius 2 is 1.60 bits per heavy atom. The van der Waals surface area contributed by atoms with E-state index in [1.807, 2.05) is 6.07 Å². The summed E-state index contributed by atoms with van der Waals surface area (Å²) in [5, 5.41) is 0. The third kappa shape index (κ3) is 2.44.